The van der Waals surface area contributed by atoms with Crippen LogP contribution in [0.2, 0.25) is 0 Å². The summed E-state index contributed by atoms with van der Waals surface area (Å²) in [5.74, 6) is -0.165. The van der Waals surface area contributed by atoms with E-state index in [2.05, 4.69) is 5.32 Å². The molecule has 5 nitrogen and oxygen atoms in total. The molecule has 96 valence electrons. The summed E-state index contributed by atoms with van der Waals surface area (Å²) in [5, 5.41) is 11.8. The molecule has 0 unspecified atom stereocenters. The van der Waals surface area contributed by atoms with Crippen LogP contribution in [0.15, 0.2) is 12.3 Å². The summed E-state index contributed by atoms with van der Waals surface area (Å²) in [6, 6.07) is 1.66. The summed E-state index contributed by atoms with van der Waals surface area (Å²) < 4.78 is 1.81. The lowest BCUT2D eigenvalue weighted by atomic mass is 10.0. The highest BCUT2D eigenvalue weighted by Crippen LogP contribution is 2.13. The predicted molar refractivity (Wildman–Crippen MR) is 67.8 cm³/mol. The van der Waals surface area contributed by atoms with E-state index in [4.69, 9.17) is 10.8 Å². The number of nitrogens with zero attached hydrogens (tertiary/aromatic N) is 1. The summed E-state index contributed by atoms with van der Waals surface area (Å²) in [5.41, 5.74) is 6.38. The van der Waals surface area contributed by atoms with Crippen LogP contribution in [0.3, 0.4) is 0 Å². The molecule has 1 heterocycles. The van der Waals surface area contributed by atoms with Crippen LogP contribution < -0.4 is 11.1 Å². The Morgan fingerprint density at radius 1 is 1.59 bits per heavy atom. The lowest BCUT2D eigenvalue weighted by Gasteiger charge is -2.25. The van der Waals surface area contributed by atoms with Gasteiger partial charge >= 0.3 is 0 Å². The molecule has 1 aromatic heterocycles. The summed E-state index contributed by atoms with van der Waals surface area (Å²) >= 11 is 0. The maximum atomic E-state index is 12.1. The van der Waals surface area contributed by atoms with Crippen molar-refractivity contribution >= 4 is 11.6 Å². The number of aryl methyl sites for hydroxylation is 1. The molecule has 0 aromatic carbocycles. The molecule has 0 bridgehead atoms. The highest BCUT2D eigenvalue weighted by atomic mass is 16.3. The van der Waals surface area contributed by atoms with Crippen molar-refractivity contribution in [2.75, 3.05) is 12.3 Å². The van der Waals surface area contributed by atoms with Crippen LogP contribution in [0.1, 0.15) is 37.7 Å². The Hall–Kier alpha value is -1.49. The first-order valence-corrected chi connectivity index (χ1v) is 5.78. The third-order valence-electron chi connectivity index (χ3n) is 2.68. The van der Waals surface area contributed by atoms with E-state index in [0.29, 0.717) is 24.3 Å². The molecule has 0 atom stereocenters. The highest BCUT2D eigenvalue weighted by molar-refractivity contribution is 5.94. The maximum Gasteiger partial charge on any atom is 0.268 e. The van der Waals surface area contributed by atoms with Gasteiger partial charge in [-0.3, -0.25) is 4.79 Å². The molecule has 5 heteroatoms. The lowest BCUT2D eigenvalue weighted by Crippen LogP contribution is -2.44. The summed E-state index contributed by atoms with van der Waals surface area (Å²) in [4.78, 5) is 12.1. The SMILES string of the molecule is CCn1cc(N)cc1C(=O)NC(C)(C)CCO. The number of nitrogens with one attached hydrogen (secondary N) is 1. The van der Waals surface area contributed by atoms with Gasteiger partial charge in [0.2, 0.25) is 0 Å². The predicted octanol–water partition coefficient (Wildman–Crippen LogP) is 0.981. The largest absolute Gasteiger partial charge is 0.397 e. The molecule has 0 saturated heterocycles. The zero-order chi connectivity index (χ0) is 13.1. The van der Waals surface area contributed by atoms with Crippen LogP contribution in [0.25, 0.3) is 0 Å². The van der Waals surface area contributed by atoms with Crippen LogP contribution in [0.5, 0.6) is 0 Å². The zero-order valence-electron chi connectivity index (χ0n) is 10.7. The first-order valence-electron chi connectivity index (χ1n) is 5.78. The van der Waals surface area contributed by atoms with E-state index in [1.807, 2.05) is 20.8 Å². The van der Waals surface area contributed by atoms with Gasteiger partial charge in [-0.15, -0.1) is 0 Å². The third kappa shape index (κ3) is 3.49. The Morgan fingerprint density at radius 3 is 2.76 bits per heavy atom. The zero-order valence-corrected chi connectivity index (χ0v) is 10.7. The number of aliphatic hydroxyl groups excluding tert-OH is 1. The van der Waals surface area contributed by atoms with Gasteiger partial charge < -0.3 is 20.7 Å². The molecular weight excluding hydrogens is 218 g/mol. The molecule has 17 heavy (non-hydrogen) atoms. The molecule has 1 amide bonds. The van der Waals surface area contributed by atoms with Crippen molar-refractivity contribution in [1.29, 1.82) is 0 Å². The molecule has 1 rings (SSSR count). The first kappa shape index (κ1) is 13.6. The normalized spacial score (nSPS) is 11.5. The van der Waals surface area contributed by atoms with Crippen LogP contribution in [0, 0.1) is 0 Å². The van der Waals surface area contributed by atoms with E-state index in [-0.39, 0.29) is 12.5 Å². The quantitative estimate of drug-likeness (QED) is 0.716. The lowest BCUT2D eigenvalue weighted by molar-refractivity contribution is 0.0890. The number of carbonyl (C=O) groups excluding carboxylic acids is 1. The minimum absolute atomic E-state index is 0.0458. The fourth-order valence-corrected chi connectivity index (χ4v) is 1.70. The second-order valence-electron chi connectivity index (χ2n) is 4.76. The van der Waals surface area contributed by atoms with E-state index >= 15 is 0 Å². The number of aliphatic hydroxyl groups is 1. The van der Waals surface area contributed by atoms with Crippen molar-refractivity contribution in [3.05, 3.63) is 18.0 Å². The van der Waals surface area contributed by atoms with Gasteiger partial charge in [0.15, 0.2) is 0 Å². The number of nitrogens with two attached hydrogens (primary N) is 1. The number of carbonyl (C=O) groups is 1. The van der Waals surface area contributed by atoms with Crippen molar-refractivity contribution in [2.45, 2.75) is 39.3 Å². The van der Waals surface area contributed by atoms with Crippen LogP contribution >= 0.6 is 0 Å². The smallest absolute Gasteiger partial charge is 0.268 e. The van der Waals surface area contributed by atoms with Crippen molar-refractivity contribution in [3.8, 4) is 0 Å². The Labute approximate surface area is 102 Å². The number of rotatable bonds is 5. The van der Waals surface area contributed by atoms with Crippen LogP contribution in [0.4, 0.5) is 5.69 Å². The number of nitrogen functional groups attached to an aromatic ring is 1. The molecule has 4 N–H and O–H groups in total. The first-order chi connectivity index (χ1) is 7.89. The van der Waals surface area contributed by atoms with Gasteiger partial charge in [-0.05, 0) is 33.3 Å². The summed E-state index contributed by atoms with van der Waals surface area (Å²) in [6.07, 6.45) is 2.26. The third-order valence-corrected chi connectivity index (χ3v) is 2.68. The van der Waals surface area contributed by atoms with Crippen LogP contribution in [-0.4, -0.2) is 27.7 Å². The van der Waals surface area contributed by atoms with Gasteiger partial charge in [0.1, 0.15) is 5.69 Å². The molecular formula is C12H21N3O2. The Morgan fingerprint density at radius 2 is 2.24 bits per heavy atom. The Bertz CT molecular complexity index is 396. The van der Waals surface area contributed by atoms with Gasteiger partial charge in [-0.2, -0.15) is 0 Å². The van der Waals surface area contributed by atoms with Gasteiger partial charge in [0, 0.05) is 24.9 Å². The van der Waals surface area contributed by atoms with Gasteiger partial charge in [-0.25, -0.2) is 0 Å². The monoisotopic (exact) mass is 239 g/mol. The van der Waals surface area contributed by atoms with Crippen molar-refractivity contribution in [3.63, 3.8) is 0 Å². The van der Waals surface area contributed by atoms with Crippen LogP contribution in [-0.2, 0) is 6.54 Å². The molecule has 0 spiro atoms. The second kappa shape index (κ2) is 5.23. The Balaban J connectivity index is 2.82. The van der Waals surface area contributed by atoms with E-state index in [1.54, 1.807) is 16.8 Å². The number of hydrogen-bond donors (Lipinski definition) is 3. The number of anilines is 1. The van der Waals surface area contributed by atoms with Crippen molar-refractivity contribution < 1.29 is 9.90 Å². The summed E-state index contributed by atoms with van der Waals surface area (Å²) in [7, 11) is 0. The van der Waals surface area contributed by atoms with Crippen molar-refractivity contribution in [2.24, 2.45) is 0 Å². The fraction of sp³-hybridized carbons (Fsp3) is 0.583. The van der Waals surface area contributed by atoms with Gasteiger partial charge in [-0.1, -0.05) is 0 Å². The average Bonchev–Trinajstić information content (AvgIpc) is 2.58. The molecule has 0 aliphatic carbocycles. The molecule has 0 aliphatic rings. The highest BCUT2D eigenvalue weighted by Gasteiger charge is 2.22. The topological polar surface area (TPSA) is 80.3 Å². The van der Waals surface area contributed by atoms with Crippen molar-refractivity contribution in [1.82, 2.24) is 9.88 Å². The second-order valence-corrected chi connectivity index (χ2v) is 4.76. The molecule has 0 aliphatic heterocycles. The minimum atomic E-state index is -0.427. The minimum Gasteiger partial charge on any atom is -0.397 e. The average molecular weight is 239 g/mol. The maximum absolute atomic E-state index is 12.1. The van der Waals surface area contributed by atoms with Gasteiger partial charge in [0.25, 0.3) is 5.91 Å². The standard InChI is InChI=1S/C12H21N3O2/c1-4-15-8-9(13)7-10(15)11(17)14-12(2,3)5-6-16/h7-8,16H,4-6,13H2,1-3H3,(H,14,17). The molecule has 0 fully saturated rings. The van der Waals surface area contributed by atoms with E-state index in [9.17, 15) is 4.79 Å². The van der Waals surface area contributed by atoms with E-state index < -0.39 is 5.54 Å². The van der Waals surface area contributed by atoms with Gasteiger partial charge in [0.05, 0.1) is 5.69 Å². The van der Waals surface area contributed by atoms with E-state index in [0.717, 1.165) is 0 Å². The number of amides is 1. The molecule has 0 radical (unpaired) electrons. The number of hydrogen-bond acceptors (Lipinski definition) is 3. The van der Waals surface area contributed by atoms with E-state index in [1.165, 1.54) is 0 Å². The fourth-order valence-electron chi connectivity index (χ4n) is 1.70. The Kier molecular flexibility index (Phi) is 4.17. The molecule has 1 aromatic rings. The summed E-state index contributed by atoms with van der Waals surface area (Å²) in [6.45, 7) is 6.45. The molecule has 0 saturated carbocycles. The number of aromatic nitrogens is 1.